The van der Waals surface area contributed by atoms with Crippen molar-refractivity contribution in [1.29, 1.82) is 0 Å². The summed E-state index contributed by atoms with van der Waals surface area (Å²) < 4.78 is 0.810. The largest absolute Gasteiger partial charge is 0.481 e. The SMILES string of the molecule is O=C(O)[C@H]1CC=CC[C@@H]1C(=O)Nc1ccc(Br)cc1Cl. The number of carbonyl (C=O) groups excluding carboxylic acids is 1. The van der Waals surface area contributed by atoms with Crippen LogP contribution in [0.25, 0.3) is 0 Å². The van der Waals surface area contributed by atoms with Gasteiger partial charge in [0.05, 0.1) is 22.5 Å². The number of carboxylic acid groups (broad SMARTS) is 1. The van der Waals surface area contributed by atoms with E-state index in [-0.39, 0.29) is 5.91 Å². The third-order valence-corrected chi connectivity index (χ3v) is 4.08. The van der Waals surface area contributed by atoms with Crippen molar-refractivity contribution in [3.05, 3.63) is 39.8 Å². The Morgan fingerprint density at radius 1 is 1.25 bits per heavy atom. The second kappa shape index (κ2) is 6.41. The van der Waals surface area contributed by atoms with Crippen molar-refractivity contribution in [2.45, 2.75) is 12.8 Å². The molecule has 1 aliphatic carbocycles. The molecule has 0 saturated carbocycles. The molecule has 1 aromatic carbocycles. The molecule has 106 valence electrons. The third kappa shape index (κ3) is 3.41. The van der Waals surface area contributed by atoms with Crippen LogP contribution in [0.4, 0.5) is 5.69 Å². The molecule has 0 radical (unpaired) electrons. The minimum Gasteiger partial charge on any atom is -0.481 e. The second-order valence-electron chi connectivity index (χ2n) is 4.61. The zero-order chi connectivity index (χ0) is 14.7. The van der Waals surface area contributed by atoms with Gasteiger partial charge in [-0.1, -0.05) is 39.7 Å². The number of nitrogens with one attached hydrogen (secondary N) is 1. The maximum atomic E-state index is 12.2. The molecular formula is C14H13BrClNO3. The molecule has 2 atom stereocenters. The highest BCUT2D eigenvalue weighted by atomic mass is 79.9. The molecule has 0 saturated heterocycles. The maximum absolute atomic E-state index is 12.2. The van der Waals surface area contributed by atoms with Gasteiger partial charge in [0.15, 0.2) is 0 Å². The molecule has 1 aromatic rings. The number of carboxylic acids is 1. The number of aliphatic carboxylic acids is 1. The highest BCUT2D eigenvalue weighted by Crippen LogP contribution is 2.30. The Kier molecular flexibility index (Phi) is 4.83. The van der Waals surface area contributed by atoms with Crippen molar-refractivity contribution >= 4 is 45.1 Å². The first-order valence-corrected chi connectivity index (χ1v) is 7.30. The first-order chi connectivity index (χ1) is 9.49. The van der Waals surface area contributed by atoms with Crippen LogP contribution in [0.5, 0.6) is 0 Å². The molecule has 0 unspecified atom stereocenters. The van der Waals surface area contributed by atoms with Crippen LogP contribution in [0.1, 0.15) is 12.8 Å². The zero-order valence-corrected chi connectivity index (χ0v) is 12.8. The second-order valence-corrected chi connectivity index (χ2v) is 5.93. The number of rotatable bonds is 3. The van der Waals surface area contributed by atoms with Crippen LogP contribution in [0, 0.1) is 11.8 Å². The van der Waals surface area contributed by atoms with E-state index in [9.17, 15) is 9.59 Å². The standard InChI is InChI=1S/C14H13BrClNO3/c15-8-5-6-12(11(16)7-8)17-13(18)9-3-1-2-4-10(9)14(19)20/h1-2,5-7,9-10H,3-4H2,(H,17,18)(H,19,20)/t9-,10-/m0/s1. The average Bonchev–Trinajstić information content (AvgIpc) is 2.41. The molecule has 6 heteroatoms. The zero-order valence-electron chi connectivity index (χ0n) is 10.5. The number of carbonyl (C=O) groups is 2. The van der Waals surface area contributed by atoms with Gasteiger partial charge in [0, 0.05) is 4.47 Å². The lowest BCUT2D eigenvalue weighted by Crippen LogP contribution is -2.34. The smallest absolute Gasteiger partial charge is 0.307 e. The Morgan fingerprint density at radius 3 is 2.50 bits per heavy atom. The molecule has 0 aliphatic heterocycles. The summed E-state index contributed by atoms with van der Waals surface area (Å²) in [6, 6.07) is 5.11. The average molecular weight is 359 g/mol. The molecule has 0 spiro atoms. The van der Waals surface area contributed by atoms with Gasteiger partial charge in [-0.25, -0.2) is 0 Å². The fourth-order valence-corrected chi connectivity index (χ4v) is 2.91. The molecule has 0 aromatic heterocycles. The van der Waals surface area contributed by atoms with E-state index in [2.05, 4.69) is 21.2 Å². The number of hydrogen-bond donors (Lipinski definition) is 2. The molecule has 1 aliphatic rings. The van der Waals surface area contributed by atoms with Crippen LogP contribution >= 0.6 is 27.5 Å². The fraction of sp³-hybridized carbons (Fsp3) is 0.286. The highest BCUT2D eigenvalue weighted by molar-refractivity contribution is 9.10. The minimum absolute atomic E-state index is 0.314. The van der Waals surface area contributed by atoms with Gasteiger partial charge < -0.3 is 10.4 Å². The van der Waals surface area contributed by atoms with Crippen molar-refractivity contribution in [2.24, 2.45) is 11.8 Å². The van der Waals surface area contributed by atoms with Crippen molar-refractivity contribution in [1.82, 2.24) is 0 Å². The van der Waals surface area contributed by atoms with Crippen molar-refractivity contribution < 1.29 is 14.7 Å². The predicted molar refractivity (Wildman–Crippen MR) is 80.8 cm³/mol. The first kappa shape index (κ1) is 15.1. The van der Waals surface area contributed by atoms with Gasteiger partial charge in [0.2, 0.25) is 5.91 Å². The summed E-state index contributed by atoms with van der Waals surface area (Å²) in [5.41, 5.74) is 0.485. The molecule has 4 nitrogen and oxygen atoms in total. The lowest BCUT2D eigenvalue weighted by atomic mass is 9.82. The lowest BCUT2D eigenvalue weighted by Gasteiger charge is -2.24. The normalized spacial score (nSPS) is 21.5. The lowest BCUT2D eigenvalue weighted by molar-refractivity contribution is -0.146. The topological polar surface area (TPSA) is 66.4 Å². The van der Waals surface area contributed by atoms with E-state index in [4.69, 9.17) is 16.7 Å². The van der Waals surface area contributed by atoms with E-state index >= 15 is 0 Å². The van der Waals surface area contributed by atoms with Crippen molar-refractivity contribution in [3.63, 3.8) is 0 Å². The minimum atomic E-state index is -0.948. The summed E-state index contributed by atoms with van der Waals surface area (Å²) in [5.74, 6) is -2.52. The molecule has 2 rings (SSSR count). The summed E-state index contributed by atoms with van der Waals surface area (Å²) in [6.07, 6.45) is 4.44. The molecule has 0 bridgehead atoms. The Morgan fingerprint density at radius 2 is 1.90 bits per heavy atom. The molecular weight excluding hydrogens is 346 g/mol. The Balaban J connectivity index is 2.14. The monoisotopic (exact) mass is 357 g/mol. The molecule has 0 fully saturated rings. The van der Waals surface area contributed by atoms with E-state index in [0.29, 0.717) is 23.6 Å². The third-order valence-electron chi connectivity index (χ3n) is 3.28. The Hall–Kier alpha value is -1.33. The summed E-state index contributed by atoms with van der Waals surface area (Å²) >= 11 is 9.32. The van der Waals surface area contributed by atoms with Crippen LogP contribution in [0.3, 0.4) is 0 Å². The predicted octanol–water partition coefficient (Wildman–Crippen LogP) is 3.71. The van der Waals surface area contributed by atoms with Gasteiger partial charge in [-0.15, -0.1) is 0 Å². The summed E-state index contributed by atoms with van der Waals surface area (Å²) in [6.45, 7) is 0. The van der Waals surface area contributed by atoms with Gasteiger partial charge >= 0.3 is 5.97 Å². The fourth-order valence-electron chi connectivity index (χ4n) is 2.19. The van der Waals surface area contributed by atoms with Crippen molar-refractivity contribution in [2.75, 3.05) is 5.32 Å². The van der Waals surface area contributed by atoms with E-state index in [1.54, 1.807) is 24.3 Å². The maximum Gasteiger partial charge on any atom is 0.307 e. The Labute approximate surface area is 129 Å². The van der Waals surface area contributed by atoms with E-state index in [0.717, 1.165) is 4.47 Å². The summed E-state index contributed by atoms with van der Waals surface area (Å²) in [5, 5.41) is 12.3. The summed E-state index contributed by atoms with van der Waals surface area (Å²) in [7, 11) is 0. The number of hydrogen-bond acceptors (Lipinski definition) is 2. The number of allylic oxidation sites excluding steroid dienone is 2. The van der Waals surface area contributed by atoms with E-state index in [1.807, 2.05) is 6.08 Å². The van der Waals surface area contributed by atoms with Gasteiger partial charge in [0.1, 0.15) is 0 Å². The molecule has 1 amide bonds. The number of benzene rings is 1. The number of amides is 1. The van der Waals surface area contributed by atoms with Gasteiger partial charge in [-0.2, -0.15) is 0 Å². The van der Waals surface area contributed by atoms with Crippen LogP contribution in [0.2, 0.25) is 5.02 Å². The van der Waals surface area contributed by atoms with E-state index < -0.39 is 17.8 Å². The molecule has 20 heavy (non-hydrogen) atoms. The highest BCUT2D eigenvalue weighted by Gasteiger charge is 2.34. The molecule has 0 heterocycles. The Bertz CT molecular complexity index is 574. The quantitative estimate of drug-likeness (QED) is 0.810. The molecule has 2 N–H and O–H groups in total. The van der Waals surface area contributed by atoms with Gasteiger partial charge in [0.25, 0.3) is 0 Å². The van der Waals surface area contributed by atoms with Crippen LogP contribution in [-0.2, 0) is 9.59 Å². The number of halogens is 2. The first-order valence-electron chi connectivity index (χ1n) is 6.12. The van der Waals surface area contributed by atoms with E-state index in [1.165, 1.54) is 0 Å². The van der Waals surface area contributed by atoms with Crippen LogP contribution in [-0.4, -0.2) is 17.0 Å². The van der Waals surface area contributed by atoms with Crippen molar-refractivity contribution in [3.8, 4) is 0 Å². The van der Waals surface area contributed by atoms with Gasteiger partial charge in [-0.3, -0.25) is 9.59 Å². The van der Waals surface area contributed by atoms with Crippen LogP contribution < -0.4 is 5.32 Å². The number of anilines is 1. The van der Waals surface area contributed by atoms with Crippen LogP contribution in [0.15, 0.2) is 34.8 Å². The summed E-state index contributed by atoms with van der Waals surface area (Å²) in [4.78, 5) is 23.4. The van der Waals surface area contributed by atoms with Gasteiger partial charge in [-0.05, 0) is 31.0 Å².